The first-order valence-electron chi connectivity index (χ1n) is 7.23. The van der Waals surface area contributed by atoms with Crippen molar-refractivity contribution in [2.24, 2.45) is 0 Å². The van der Waals surface area contributed by atoms with Gasteiger partial charge in [0.05, 0.1) is 18.1 Å². The van der Waals surface area contributed by atoms with Gasteiger partial charge in [-0.2, -0.15) is 4.31 Å². The van der Waals surface area contributed by atoms with Gasteiger partial charge in [0.25, 0.3) is 0 Å². The molecule has 1 heterocycles. The number of halogens is 1. The summed E-state index contributed by atoms with van der Waals surface area (Å²) in [5.41, 5.74) is 1.15. The normalized spacial score (nSPS) is 22.8. The van der Waals surface area contributed by atoms with Crippen molar-refractivity contribution in [3.05, 3.63) is 28.3 Å². The molecule has 0 saturated carbocycles. The van der Waals surface area contributed by atoms with E-state index in [4.69, 9.17) is 16.3 Å². The lowest BCUT2D eigenvalue weighted by atomic mass is 10.0. The van der Waals surface area contributed by atoms with E-state index in [1.165, 1.54) is 13.2 Å². The van der Waals surface area contributed by atoms with Crippen molar-refractivity contribution in [2.75, 3.05) is 13.7 Å². The average molecular weight is 362 g/mol. The van der Waals surface area contributed by atoms with Gasteiger partial charge in [-0.05, 0) is 43.5 Å². The highest BCUT2D eigenvalue weighted by molar-refractivity contribution is 7.89. The second-order valence-corrected chi connectivity index (χ2v) is 7.97. The van der Waals surface area contributed by atoms with Crippen LogP contribution < -0.4 is 0 Å². The lowest BCUT2D eigenvalue weighted by Gasteiger charge is -2.35. The number of nitrogens with zero attached hydrogens (tertiary/aromatic N) is 1. The number of esters is 1. The molecule has 23 heavy (non-hydrogen) atoms. The van der Waals surface area contributed by atoms with Crippen LogP contribution in [0.2, 0.25) is 5.02 Å². The number of aryl methyl sites for hydroxylation is 2. The molecular weight excluding hydrogens is 342 g/mol. The van der Waals surface area contributed by atoms with Crippen LogP contribution in [0.4, 0.5) is 0 Å². The molecule has 0 amide bonds. The number of hydrogen-bond acceptors (Lipinski definition) is 5. The van der Waals surface area contributed by atoms with Crippen LogP contribution in [0.25, 0.3) is 0 Å². The Kier molecular flexibility index (Phi) is 5.35. The van der Waals surface area contributed by atoms with Crippen LogP contribution in [-0.4, -0.2) is 49.6 Å². The standard InChI is InChI=1S/C15H20ClNO5S/c1-9-7-14(10(2)6-12(9)16)23(20,21)17-5-4-11(18)8-13(17)15(19)22-3/h6-7,11,13,18H,4-5,8H2,1-3H3/t11-,13+/m1/s1. The van der Waals surface area contributed by atoms with E-state index in [0.717, 1.165) is 4.31 Å². The van der Waals surface area contributed by atoms with Gasteiger partial charge in [0.1, 0.15) is 6.04 Å². The molecule has 0 aliphatic carbocycles. The van der Waals surface area contributed by atoms with Crippen molar-refractivity contribution >= 4 is 27.6 Å². The number of ether oxygens (including phenoxy) is 1. The van der Waals surface area contributed by atoms with E-state index >= 15 is 0 Å². The number of piperidine rings is 1. The Balaban J connectivity index is 2.49. The molecule has 0 radical (unpaired) electrons. The molecule has 1 aliphatic rings. The Labute approximate surface area is 141 Å². The summed E-state index contributed by atoms with van der Waals surface area (Å²) in [4.78, 5) is 12.1. The molecule has 2 atom stereocenters. The Morgan fingerprint density at radius 2 is 2.00 bits per heavy atom. The summed E-state index contributed by atoms with van der Waals surface area (Å²) in [7, 11) is -2.70. The number of rotatable bonds is 3. The zero-order chi connectivity index (χ0) is 17.4. The van der Waals surface area contributed by atoms with Gasteiger partial charge in [-0.3, -0.25) is 4.79 Å². The minimum Gasteiger partial charge on any atom is -0.468 e. The third-order valence-electron chi connectivity index (χ3n) is 4.04. The molecule has 1 aliphatic heterocycles. The molecule has 0 bridgehead atoms. The molecule has 1 fully saturated rings. The van der Waals surface area contributed by atoms with Crippen LogP contribution in [0.5, 0.6) is 0 Å². The number of benzene rings is 1. The van der Waals surface area contributed by atoms with E-state index < -0.39 is 28.1 Å². The number of methoxy groups -OCH3 is 1. The largest absolute Gasteiger partial charge is 0.468 e. The molecule has 1 saturated heterocycles. The zero-order valence-electron chi connectivity index (χ0n) is 13.2. The van der Waals surface area contributed by atoms with Crippen molar-refractivity contribution < 1.29 is 23.1 Å². The molecular formula is C15H20ClNO5S. The monoisotopic (exact) mass is 361 g/mol. The number of sulfonamides is 1. The summed E-state index contributed by atoms with van der Waals surface area (Å²) < 4.78 is 31.8. The maximum atomic E-state index is 13.0. The minimum absolute atomic E-state index is 0.0253. The van der Waals surface area contributed by atoms with E-state index in [1.807, 2.05) is 0 Å². The maximum absolute atomic E-state index is 13.0. The molecule has 0 spiro atoms. The first-order valence-corrected chi connectivity index (χ1v) is 9.04. The quantitative estimate of drug-likeness (QED) is 0.827. The van der Waals surface area contributed by atoms with E-state index in [9.17, 15) is 18.3 Å². The van der Waals surface area contributed by atoms with Gasteiger partial charge in [0.2, 0.25) is 10.0 Å². The molecule has 1 N–H and O–H groups in total. The van der Waals surface area contributed by atoms with Crippen LogP contribution in [-0.2, 0) is 19.6 Å². The Hall–Kier alpha value is -1.15. The van der Waals surface area contributed by atoms with Gasteiger partial charge in [0.15, 0.2) is 0 Å². The van der Waals surface area contributed by atoms with Gasteiger partial charge in [-0.25, -0.2) is 8.42 Å². The maximum Gasteiger partial charge on any atom is 0.324 e. The fourth-order valence-electron chi connectivity index (χ4n) is 2.72. The average Bonchev–Trinajstić information content (AvgIpc) is 2.49. The van der Waals surface area contributed by atoms with Crippen molar-refractivity contribution in [3.8, 4) is 0 Å². The summed E-state index contributed by atoms with van der Waals surface area (Å²) in [6, 6.07) is 2.08. The third-order valence-corrected chi connectivity index (χ3v) is 6.50. The zero-order valence-corrected chi connectivity index (χ0v) is 14.8. The lowest BCUT2D eigenvalue weighted by Crippen LogP contribution is -2.51. The molecule has 1 aromatic carbocycles. The molecule has 128 valence electrons. The van der Waals surface area contributed by atoms with Crippen molar-refractivity contribution in [1.29, 1.82) is 0 Å². The second kappa shape index (κ2) is 6.76. The summed E-state index contributed by atoms with van der Waals surface area (Å²) in [6.45, 7) is 3.44. The number of hydrogen-bond donors (Lipinski definition) is 1. The number of carbonyl (C=O) groups is 1. The third kappa shape index (κ3) is 3.52. The van der Waals surface area contributed by atoms with Crippen molar-refractivity contribution in [3.63, 3.8) is 0 Å². The molecule has 6 nitrogen and oxygen atoms in total. The highest BCUT2D eigenvalue weighted by atomic mass is 35.5. The van der Waals surface area contributed by atoms with Gasteiger partial charge < -0.3 is 9.84 Å². The topological polar surface area (TPSA) is 83.9 Å². The van der Waals surface area contributed by atoms with Crippen LogP contribution in [0.15, 0.2) is 17.0 Å². The fraction of sp³-hybridized carbons (Fsp3) is 0.533. The summed E-state index contributed by atoms with van der Waals surface area (Å²) in [5, 5.41) is 10.3. The van der Waals surface area contributed by atoms with E-state index in [1.54, 1.807) is 19.9 Å². The molecule has 0 aromatic heterocycles. The molecule has 0 unspecified atom stereocenters. The number of carbonyl (C=O) groups excluding carboxylic acids is 1. The first kappa shape index (κ1) is 18.2. The van der Waals surface area contributed by atoms with Gasteiger partial charge >= 0.3 is 5.97 Å². The Morgan fingerprint density at radius 1 is 1.35 bits per heavy atom. The smallest absolute Gasteiger partial charge is 0.324 e. The van der Waals surface area contributed by atoms with Crippen LogP contribution >= 0.6 is 11.6 Å². The van der Waals surface area contributed by atoms with E-state index in [0.29, 0.717) is 16.1 Å². The first-order chi connectivity index (χ1) is 10.7. The predicted octanol–water partition coefficient (Wildman–Crippen LogP) is 1.64. The van der Waals surface area contributed by atoms with Gasteiger partial charge in [-0.1, -0.05) is 11.6 Å². The van der Waals surface area contributed by atoms with Crippen LogP contribution in [0.3, 0.4) is 0 Å². The second-order valence-electron chi connectivity index (χ2n) is 5.70. The minimum atomic E-state index is -3.90. The van der Waals surface area contributed by atoms with Crippen molar-refractivity contribution in [2.45, 2.75) is 43.7 Å². The number of aliphatic hydroxyl groups excluding tert-OH is 1. The number of aliphatic hydroxyl groups is 1. The Bertz CT molecular complexity index is 719. The summed E-state index contributed by atoms with van der Waals surface area (Å²) in [5.74, 6) is -0.671. The molecule has 1 aromatic rings. The highest BCUT2D eigenvalue weighted by Gasteiger charge is 2.41. The molecule has 2 rings (SSSR count). The van der Waals surface area contributed by atoms with Crippen molar-refractivity contribution in [1.82, 2.24) is 4.31 Å². The van der Waals surface area contributed by atoms with Gasteiger partial charge in [-0.15, -0.1) is 0 Å². The predicted molar refractivity (Wildman–Crippen MR) is 85.9 cm³/mol. The lowest BCUT2D eigenvalue weighted by molar-refractivity contribution is -0.147. The Morgan fingerprint density at radius 3 is 2.61 bits per heavy atom. The highest BCUT2D eigenvalue weighted by Crippen LogP contribution is 2.30. The van der Waals surface area contributed by atoms with Crippen LogP contribution in [0, 0.1) is 13.8 Å². The summed E-state index contributed by atoms with van der Waals surface area (Å²) in [6.07, 6.45) is -0.422. The summed E-state index contributed by atoms with van der Waals surface area (Å²) >= 11 is 6.03. The SMILES string of the molecule is COC(=O)[C@@H]1C[C@H](O)CCN1S(=O)(=O)c1cc(C)c(Cl)cc1C. The fourth-order valence-corrected chi connectivity index (χ4v) is 4.84. The molecule has 8 heteroatoms. The van der Waals surface area contributed by atoms with E-state index in [-0.39, 0.29) is 24.3 Å². The van der Waals surface area contributed by atoms with Gasteiger partial charge in [0, 0.05) is 18.0 Å². The van der Waals surface area contributed by atoms with Crippen LogP contribution in [0.1, 0.15) is 24.0 Å². The van der Waals surface area contributed by atoms with E-state index in [2.05, 4.69) is 0 Å².